The van der Waals surface area contributed by atoms with Crippen LogP contribution in [-0.2, 0) is 6.54 Å². The van der Waals surface area contributed by atoms with Gasteiger partial charge in [-0.3, -0.25) is 4.90 Å². The molecule has 0 spiro atoms. The number of hydrogen-bond donors (Lipinski definition) is 0. The molecule has 2 rings (SSSR count). The lowest BCUT2D eigenvalue weighted by atomic mass is 9.92. The third-order valence-corrected chi connectivity index (χ3v) is 4.07. The zero-order chi connectivity index (χ0) is 11.1. The zero-order valence-electron chi connectivity index (χ0n) is 8.96. The predicted molar refractivity (Wildman–Crippen MR) is 65.1 cm³/mol. The Morgan fingerprint density at radius 1 is 1.67 bits per heavy atom. The number of hydrogen-bond acceptors (Lipinski definition) is 2. The highest BCUT2D eigenvalue weighted by molar-refractivity contribution is 9.10. The molecule has 1 aliphatic rings. The van der Waals surface area contributed by atoms with Crippen molar-refractivity contribution < 1.29 is 4.42 Å². The van der Waals surface area contributed by atoms with Crippen LogP contribution in [0.2, 0.25) is 0 Å². The van der Waals surface area contributed by atoms with E-state index >= 15 is 0 Å². The first-order valence-corrected chi connectivity index (χ1v) is 6.30. The third-order valence-electron chi connectivity index (χ3n) is 2.93. The fraction of sp³-hybridized carbons (Fsp3) is 0.636. The number of furan rings is 1. The Bertz CT molecular complexity index is 350. The third kappa shape index (κ3) is 2.58. The molecule has 1 aromatic heterocycles. The summed E-state index contributed by atoms with van der Waals surface area (Å²) in [6.45, 7) is 7.36. The van der Waals surface area contributed by atoms with Gasteiger partial charge in [-0.2, -0.15) is 0 Å². The molecule has 1 atom stereocenters. The fourth-order valence-corrected chi connectivity index (χ4v) is 2.67. The largest absolute Gasteiger partial charge is 0.457 e. The number of nitrogens with zero attached hydrogens (tertiary/aromatic N) is 1. The van der Waals surface area contributed by atoms with Gasteiger partial charge in [0.15, 0.2) is 4.67 Å². The molecule has 2 nitrogen and oxygen atoms in total. The van der Waals surface area contributed by atoms with Crippen LogP contribution in [0.15, 0.2) is 21.4 Å². The lowest BCUT2D eigenvalue weighted by Gasteiger charge is -2.20. The molecule has 1 unspecified atom stereocenters. The minimum Gasteiger partial charge on any atom is -0.457 e. The molecule has 0 bridgehead atoms. The number of halogens is 2. The van der Waals surface area contributed by atoms with Crippen molar-refractivity contribution in [1.29, 1.82) is 0 Å². The summed E-state index contributed by atoms with van der Waals surface area (Å²) in [6, 6.07) is 2.01. The van der Waals surface area contributed by atoms with Gasteiger partial charge >= 0.3 is 0 Å². The minimum absolute atomic E-state index is 0.211. The summed E-state index contributed by atoms with van der Waals surface area (Å²) in [5, 5.41) is 0.243. The molecule has 2 heterocycles. The number of alkyl halides is 1. The summed E-state index contributed by atoms with van der Waals surface area (Å²) in [5.41, 5.74) is 1.41. The quantitative estimate of drug-likeness (QED) is 0.776. The molecule has 0 aromatic carbocycles. The lowest BCUT2D eigenvalue weighted by molar-refractivity contribution is 0.284. The van der Waals surface area contributed by atoms with Gasteiger partial charge in [0.05, 0.1) is 11.6 Å². The maximum absolute atomic E-state index is 6.30. The van der Waals surface area contributed by atoms with Gasteiger partial charge in [0, 0.05) is 25.2 Å². The molecule has 4 heteroatoms. The van der Waals surface area contributed by atoms with E-state index in [2.05, 4.69) is 34.7 Å². The van der Waals surface area contributed by atoms with Crippen LogP contribution in [0.4, 0.5) is 0 Å². The van der Waals surface area contributed by atoms with Gasteiger partial charge < -0.3 is 4.42 Å². The Morgan fingerprint density at radius 3 is 2.87 bits per heavy atom. The van der Waals surface area contributed by atoms with Gasteiger partial charge in [-0.15, -0.1) is 11.6 Å². The second-order valence-corrected chi connectivity index (χ2v) is 6.19. The van der Waals surface area contributed by atoms with E-state index in [-0.39, 0.29) is 10.8 Å². The van der Waals surface area contributed by atoms with Crippen molar-refractivity contribution in [2.24, 2.45) is 5.41 Å². The average Bonchev–Trinajstić information content (AvgIpc) is 2.59. The van der Waals surface area contributed by atoms with E-state index in [0.29, 0.717) is 0 Å². The Balaban J connectivity index is 1.98. The van der Waals surface area contributed by atoms with Crippen LogP contribution >= 0.6 is 27.5 Å². The fourth-order valence-electron chi connectivity index (χ4n) is 2.02. The summed E-state index contributed by atoms with van der Waals surface area (Å²) in [5.74, 6) is 0. The smallest absolute Gasteiger partial charge is 0.169 e. The van der Waals surface area contributed by atoms with Crippen LogP contribution in [0.5, 0.6) is 0 Å². The number of rotatable bonds is 2. The highest BCUT2D eigenvalue weighted by Crippen LogP contribution is 2.34. The van der Waals surface area contributed by atoms with Crippen LogP contribution in [0.25, 0.3) is 0 Å². The lowest BCUT2D eigenvalue weighted by Crippen LogP contribution is -2.23. The summed E-state index contributed by atoms with van der Waals surface area (Å²) in [6.07, 6.45) is 1.79. The predicted octanol–water partition coefficient (Wildman–Crippen LogP) is 3.49. The Kier molecular flexibility index (Phi) is 3.15. The standard InChI is InChI=1S/C11H15BrClNO/c1-11(2)7-14(5-9(11)13)4-8-3-10(12)15-6-8/h3,6,9H,4-5,7H2,1-2H3. The van der Waals surface area contributed by atoms with Gasteiger partial charge in [-0.1, -0.05) is 13.8 Å². The van der Waals surface area contributed by atoms with E-state index in [1.807, 2.05) is 6.07 Å². The van der Waals surface area contributed by atoms with Crippen molar-refractivity contribution in [3.8, 4) is 0 Å². The first-order chi connectivity index (χ1) is 6.97. The molecule has 0 radical (unpaired) electrons. The van der Waals surface area contributed by atoms with Crippen molar-refractivity contribution in [3.05, 3.63) is 22.6 Å². The van der Waals surface area contributed by atoms with Gasteiger partial charge in [-0.25, -0.2) is 0 Å². The normalized spacial score (nSPS) is 26.0. The monoisotopic (exact) mass is 291 g/mol. The molecule has 1 fully saturated rings. The van der Waals surface area contributed by atoms with E-state index in [1.54, 1.807) is 6.26 Å². The van der Waals surface area contributed by atoms with Gasteiger partial charge in [0.25, 0.3) is 0 Å². The first kappa shape index (κ1) is 11.5. The van der Waals surface area contributed by atoms with E-state index in [1.165, 1.54) is 5.56 Å². The van der Waals surface area contributed by atoms with Crippen molar-refractivity contribution in [2.45, 2.75) is 25.8 Å². The molecule has 0 amide bonds. The topological polar surface area (TPSA) is 16.4 Å². The molecule has 84 valence electrons. The highest BCUT2D eigenvalue weighted by atomic mass is 79.9. The molecule has 1 aliphatic heterocycles. The van der Waals surface area contributed by atoms with E-state index in [9.17, 15) is 0 Å². The molecule has 0 N–H and O–H groups in total. The van der Waals surface area contributed by atoms with Gasteiger partial charge in [0.1, 0.15) is 0 Å². The van der Waals surface area contributed by atoms with Crippen LogP contribution in [0.3, 0.4) is 0 Å². The Morgan fingerprint density at radius 2 is 2.40 bits per heavy atom. The van der Waals surface area contributed by atoms with E-state index in [4.69, 9.17) is 16.0 Å². The summed E-state index contributed by atoms with van der Waals surface area (Å²) in [7, 11) is 0. The summed E-state index contributed by atoms with van der Waals surface area (Å²) >= 11 is 9.60. The Hall–Kier alpha value is 0.01000. The molecule has 1 aromatic rings. The molecular formula is C11H15BrClNO. The first-order valence-electron chi connectivity index (χ1n) is 5.07. The van der Waals surface area contributed by atoms with Crippen LogP contribution < -0.4 is 0 Å². The molecule has 1 saturated heterocycles. The van der Waals surface area contributed by atoms with Crippen molar-refractivity contribution in [1.82, 2.24) is 4.90 Å². The maximum Gasteiger partial charge on any atom is 0.169 e. The van der Waals surface area contributed by atoms with Gasteiger partial charge in [-0.05, 0) is 27.4 Å². The maximum atomic E-state index is 6.30. The van der Waals surface area contributed by atoms with E-state index < -0.39 is 0 Å². The summed E-state index contributed by atoms with van der Waals surface area (Å²) in [4.78, 5) is 2.37. The zero-order valence-corrected chi connectivity index (χ0v) is 11.3. The van der Waals surface area contributed by atoms with Crippen molar-refractivity contribution in [3.63, 3.8) is 0 Å². The molecule has 0 saturated carbocycles. The molecular weight excluding hydrogens is 277 g/mol. The van der Waals surface area contributed by atoms with Crippen LogP contribution in [-0.4, -0.2) is 23.4 Å². The van der Waals surface area contributed by atoms with Crippen LogP contribution in [0, 0.1) is 5.41 Å². The van der Waals surface area contributed by atoms with Crippen molar-refractivity contribution >= 4 is 27.5 Å². The second kappa shape index (κ2) is 4.11. The average molecular weight is 293 g/mol. The minimum atomic E-state index is 0.211. The van der Waals surface area contributed by atoms with Crippen molar-refractivity contribution in [2.75, 3.05) is 13.1 Å². The second-order valence-electron chi connectivity index (χ2n) is 4.88. The van der Waals surface area contributed by atoms with E-state index in [0.717, 1.165) is 24.3 Å². The molecule has 0 aliphatic carbocycles. The Labute approximate surface area is 104 Å². The summed E-state index contributed by atoms with van der Waals surface area (Å²) < 4.78 is 6.00. The van der Waals surface area contributed by atoms with Gasteiger partial charge in [0.2, 0.25) is 0 Å². The van der Waals surface area contributed by atoms with Crippen LogP contribution in [0.1, 0.15) is 19.4 Å². The number of likely N-dealkylation sites (tertiary alicyclic amines) is 1. The SMILES string of the molecule is CC1(C)CN(Cc2coc(Br)c2)CC1Cl. The molecule has 15 heavy (non-hydrogen) atoms. The highest BCUT2D eigenvalue weighted by Gasteiger charge is 2.37.